The van der Waals surface area contributed by atoms with E-state index in [9.17, 15) is 13.2 Å². The zero-order valence-electron chi connectivity index (χ0n) is 15.6. The summed E-state index contributed by atoms with van der Waals surface area (Å²) in [6, 6.07) is 11.8. The van der Waals surface area contributed by atoms with Crippen LogP contribution in [0.4, 0.5) is 0 Å². The molecule has 26 heavy (non-hydrogen) atoms. The molecule has 1 aromatic carbocycles. The van der Waals surface area contributed by atoms with Gasteiger partial charge in [0.1, 0.15) is 5.75 Å². The van der Waals surface area contributed by atoms with Gasteiger partial charge in [-0.15, -0.1) is 11.3 Å². The SMILES string of the molecule is CCCS(=O)(=O)CC(=O)NC(c1ccc(C(C)CC)cc1)c1cccs1. The molecule has 2 unspecified atom stereocenters. The summed E-state index contributed by atoms with van der Waals surface area (Å²) in [4.78, 5) is 13.3. The van der Waals surface area contributed by atoms with E-state index in [4.69, 9.17) is 0 Å². The van der Waals surface area contributed by atoms with Gasteiger partial charge in [0.25, 0.3) is 0 Å². The molecular formula is C20H27NO3S2. The number of carbonyl (C=O) groups excluding carboxylic acids is 1. The Balaban J connectivity index is 2.21. The van der Waals surface area contributed by atoms with E-state index >= 15 is 0 Å². The number of carbonyl (C=O) groups is 1. The van der Waals surface area contributed by atoms with Crippen molar-refractivity contribution in [1.82, 2.24) is 5.32 Å². The molecule has 6 heteroatoms. The summed E-state index contributed by atoms with van der Waals surface area (Å²) in [5.74, 6) is -0.401. The third kappa shape index (κ3) is 5.68. The highest BCUT2D eigenvalue weighted by atomic mass is 32.2. The molecule has 2 aromatic rings. The Hall–Kier alpha value is -1.66. The fraction of sp³-hybridized carbons (Fsp3) is 0.450. The van der Waals surface area contributed by atoms with E-state index in [-0.39, 0.29) is 11.8 Å². The van der Waals surface area contributed by atoms with E-state index in [2.05, 4.69) is 31.3 Å². The van der Waals surface area contributed by atoms with Crippen LogP contribution >= 0.6 is 11.3 Å². The minimum atomic E-state index is -3.36. The van der Waals surface area contributed by atoms with E-state index in [0.29, 0.717) is 12.3 Å². The van der Waals surface area contributed by atoms with E-state index in [1.54, 1.807) is 18.3 Å². The zero-order valence-corrected chi connectivity index (χ0v) is 17.2. The van der Waals surface area contributed by atoms with Crippen LogP contribution in [-0.2, 0) is 14.6 Å². The molecule has 0 radical (unpaired) electrons. The van der Waals surface area contributed by atoms with Crippen molar-refractivity contribution < 1.29 is 13.2 Å². The maximum Gasteiger partial charge on any atom is 0.235 e. The lowest BCUT2D eigenvalue weighted by Crippen LogP contribution is -2.34. The first-order chi connectivity index (χ1) is 12.4. The standard InChI is InChI=1S/C20H27NO3S2/c1-4-13-26(23,24)14-19(22)21-20(18-7-6-12-25-18)17-10-8-16(9-11-17)15(3)5-2/h6-12,15,20H,4-5,13-14H2,1-3H3,(H,21,22). The Morgan fingerprint density at radius 3 is 2.31 bits per heavy atom. The first kappa shape index (κ1) is 20.6. The minimum Gasteiger partial charge on any atom is -0.343 e. The lowest BCUT2D eigenvalue weighted by molar-refractivity contribution is -0.119. The molecule has 2 atom stereocenters. The highest BCUT2D eigenvalue weighted by Crippen LogP contribution is 2.28. The Morgan fingerprint density at radius 2 is 1.77 bits per heavy atom. The Kier molecular flexibility index (Phi) is 7.41. The van der Waals surface area contributed by atoms with Crippen LogP contribution in [0.5, 0.6) is 0 Å². The topological polar surface area (TPSA) is 63.2 Å². The molecule has 1 amide bonds. The highest BCUT2D eigenvalue weighted by Gasteiger charge is 2.22. The van der Waals surface area contributed by atoms with Crippen molar-refractivity contribution in [2.45, 2.75) is 45.6 Å². The van der Waals surface area contributed by atoms with Gasteiger partial charge in [0.2, 0.25) is 5.91 Å². The van der Waals surface area contributed by atoms with Gasteiger partial charge in [-0.1, -0.05) is 51.1 Å². The summed E-state index contributed by atoms with van der Waals surface area (Å²) in [5.41, 5.74) is 2.22. The number of thiophene rings is 1. The van der Waals surface area contributed by atoms with Crippen molar-refractivity contribution in [3.8, 4) is 0 Å². The molecule has 0 aliphatic rings. The fourth-order valence-corrected chi connectivity index (χ4v) is 4.86. The van der Waals surface area contributed by atoms with Crippen LogP contribution in [0.2, 0.25) is 0 Å². The van der Waals surface area contributed by atoms with Gasteiger partial charge in [-0.3, -0.25) is 4.79 Å². The van der Waals surface area contributed by atoms with Crippen molar-refractivity contribution >= 4 is 27.1 Å². The first-order valence-electron chi connectivity index (χ1n) is 8.99. The summed E-state index contributed by atoms with van der Waals surface area (Å²) in [6.07, 6.45) is 1.58. The average Bonchev–Trinajstić information content (AvgIpc) is 3.13. The number of benzene rings is 1. The predicted molar refractivity (Wildman–Crippen MR) is 108 cm³/mol. The minimum absolute atomic E-state index is 0.0354. The Labute approximate surface area is 160 Å². The second-order valence-corrected chi connectivity index (χ2v) is 9.75. The van der Waals surface area contributed by atoms with Crippen molar-refractivity contribution in [2.75, 3.05) is 11.5 Å². The quantitative estimate of drug-likeness (QED) is 0.691. The lowest BCUT2D eigenvalue weighted by atomic mass is 9.95. The molecule has 0 saturated carbocycles. The van der Waals surface area contributed by atoms with Gasteiger partial charge >= 0.3 is 0 Å². The first-order valence-corrected chi connectivity index (χ1v) is 11.7. The van der Waals surface area contributed by atoms with Crippen LogP contribution in [0.15, 0.2) is 41.8 Å². The normalized spacial score (nSPS) is 14.0. The molecule has 0 bridgehead atoms. The molecule has 1 N–H and O–H groups in total. The Morgan fingerprint density at radius 1 is 1.12 bits per heavy atom. The average molecular weight is 394 g/mol. The summed E-state index contributed by atoms with van der Waals surface area (Å²) in [5, 5.41) is 4.86. The molecule has 0 aliphatic carbocycles. The number of hydrogen-bond donors (Lipinski definition) is 1. The monoisotopic (exact) mass is 393 g/mol. The molecule has 142 valence electrons. The van der Waals surface area contributed by atoms with E-state index < -0.39 is 21.5 Å². The number of sulfone groups is 1. The molecule has 0 fully saturated rings. The molecule has 4 nitrogen and oxygen atoms in total. The maximum absolute atomic E-state index is 12.3. The highest BCUT2D eigenvalue weighted by molar-refractivity contribution is 7.92. The third-order valence-corrected chi connectivity index (χ3v) is 7.12. The molecular weight excluding hydrogens is 366 g/mol. The van der Waals surface area contributed by atoms with Gasteiger partial charge in [0.15, 0.2) is 9.84 Å². The maximum atomic E-state index is 12.3. The van der Waals surface area contributed by atoms with Gasteiger partial charge in [-0.05, 0) is 41.3 Å². The lowest BCUT2D eigenvalue weighted by Gasteiger charge is -2.19. The summed E-state index contributed by atoms with van der Waals surface area (Å²) >= 11 is 1.55. The molecule has 0 spiro atoms. The van der Waals surface area contributed by atoms with Crippen LogP contribution in [-0.4, -0.2) is 25.8 Å². The largest absolute Gasteiger partial charge is 0.343 e. The van der Waals surface area contributed by atoms with Crippen LogP contribution in [0.25, 0.3) is 0 Å². The molecule has 1 aromatic heterocycles. The van der Waals surface area contributed by atoms with Gasteiger partial charge in [0, 0.05) is 4.88 Å². The van der Waals surface area contributed by atoms with Gasteiger partial charge in [-0.2, -0.15) is 0 Å². The van der Waals surface area contributed by atoms with Crippen molar-refractivity contribution in [2.24, 2.45) is 0 Å². The summed E-state index contributed by atoms with van der Waals surface area (Å²) in [7, 11) is -3.36. The second kappa shape index (κ2) is 9.33. The predicted octanol–water partition coefficient (Wildman–Crippen LogP) is 4.29. The molecule has 2 rings (SSSR count). The zero-order chi connectivity index (χ0) is 19.2. The van der Waals surface area contributed by atoms with Crippen molar-refractivity contribution in [3.63, 3.8) is 0 Å². The second-order valence-electron chi connectivity index (χ2n) is 6.58. The smallest absolute Gasteiger partial charge is 0.235 e. The molecule has 0 saturated heterocycles. The van der Waals surface area contributed by atoms with Crippen LogP contribution in [0.3, 0.4) is 0 Å². The van der Waals surface area contributed by atoms with Crippen molar-refractivity contribution in [3.05, 3.63) is 57.8 Å². The van der Waals surface area contributed by atoms with Crippen LogP contribution in [0, 0.1) is 0 Å². The molecule has 1 heterocycles. The van der Waals surface area contributed by atoms with Crippen molar-refractivity contribution in [1.29, 1.82) is 0 Å². The van der Waals surface area contributed by atoms with Gasteiger partial charge < -0.3 is 5.32 Å². The third-order valence-electron chi connectivity index (χ3n) is 4.45. The van der Waals surface area contributed by atoms with Crippen LogP contribution in [0.1, 0.15) is 61.6 Å². The number of rotatable bonds is 9. The Bertz CT molecular complexity index is 796. The van der Waals surface area contributed by atoms with Gasteiger partial charge in [-0.25, -0.2) is 8.42 Å². The molecule has 0 aliphatic heterocycles. The van der Waals surface area contributed by atoms with E-state index in [1.165, 1.54) is 5.56 Å². The van der Waals surface area contributed by atoms with E-state index in [0.717, 1.165) is 16.9 Å². The van der Waals surface area contributed by atoms with Gasteiger partial charge in [0.05, 0.1) is 11.8 Å². The summed E-state index contributed by atoms with van der Waals surface area (Å²) in [6.45, 7) is 6.14. The van der Waals surface area contributed by atoms with Crippen LogP contribution < -0.4 is 5.32 Å². The number of amides is 1. The summed E-state index contributed by atoms with van der Waals surface area (Å²) < 4.78 is 23.9. The van der Waals surface area contributed by atoms with E-state index in [1.807, 2.05) is 29.6 Å². The number of nitrogens with one attached hydrogen (secondary N) is 1. The fourth-order valence-electron chi connectivity index (χ4n) is 2.81. The number of hydrogen-bond acceptors (Lipinski definition) is 4.